The molecule has 2 atom stereocenters. The van der Waals surface area contributed by atoms with Gasteiger partial charge in [0.2, 0.25) is 0 Å². The SMILES string of the molecule is COc1ccc2c(c1)OC(C)(C)[C@H](c1ccccc1)[C@@H]2c1ccc(OCCN2CCCCC2)cc1. The third-order valence-electron chi connectivity index (χ3n) is 7.53. The summed E-state index contributed by atoms with van der Waals surface area (Å²) < 4.78 is 18.2. The monoisotopic (exact) mass is 471 g/mol. The highest BCUT2D eigenvalue weighted by molar-refractivity contribution is 5.52. The van der Waals surface area contributed by atoms with Gasteiger partial charge in [0, 0.05) is 30.0 Å². The maximum atomic E-state index is 6.61. The van der Waals surface area contributed by atoms with Crippen molar-refractivity contribution in [2.75, 3.05) is 33.4 Å². The molecule has 2 aliphatic rings. The molecular weight excluding hydrogens is 434 g/mol. The van der Waals surface area contributed by atoms with Gasteiger partial charge in [-0.3, -0.25) is 4.90 Å². The van der Waals surface area contributed by atoms with Gasteiger partial charge >= 0.3 is 0 Å². The molecule has 3 aromatic carbocycles. The minimum atomic E-state index is -0.394. The van der Waals surface area contributed by atoms with E-state index in [1.807, 2.05) is 12.1 Å². The highest BCUT2D eigenvalue weighted by Gasteiger charge is 2.45. The van der Waals surface area contributed by atoms with Crippen LogP contribution in [0.4, 0.5) is 0 Å². The van der Waals surface area contributed by atoms with Crippen molar-refractivity contribution in [3.05, 3.63) is 89.5 Å². The number of piperidine rings is 1. The summed E-state index contributed by atoms with van der Waals surface area (Å²) >= 11 is 0. The van der Waals surface area contributed by atoms with E-state index in [4.69, 9.17) is 14.2 Å². The van der Waals surface area contributed by atoms with E-state index in [1.54, 1.807) is 7.11 Å². The minimum absolute atomic E-state index is 0.157. The van der Waals surface area contributed by atoms with Gasteiger partial charge in [-0.1, -0.05) is 55.0 Å². The summed E-state index contributed by atoms with van der Waals surface area (Å²) in [5.74, 6) is 2.96. The molecule has 0 aromatic heterocycles. The lowest BCUT2D eigenvalue weighted by Gasteiger charge is -2.45. The second-order valence-electron chi connectivity index (χ2n) is 10.3. The Morgan fingerprint density at radius 3 is 2.29 bits per heavy atom. The molecule has 0 radical (unpaired) electrons. The summed E-state index contributed by atoms with van der Waals surface area (Å²) in [7, 11) is 1.70. The van der Waals surface area contributed by atoms with Gasteiger partial charge in [0.1, 0.15) is 29.5 Å². The zero-order chi connectivity index (χ0) is 24.3. The smallest absolute Gasteiger partial charge is 0.127 e. The van der Waals surface area contributed by atoms with Gasteiger partial charge in [-0.25, -0.2) is 0 Å². The first kappa shape index (κ1) is 23.7. The molecule has 35 heavy (non-hydrogen) atoms. The summed E-state index contributed by atoms with van der Waals surface area (Å²) in [6.07, 6.45) is 3.99. The first-order chi connectivity index (χ1) is 17.0. The molecule has 2 heterocycles. The van der Waals surface area contributed by atoms with Crippen LogP contribution in [0.3, 0.4) is 0 Å². The third-order valence-corrected chi connectivity index (χ3v) is 7.53. The second-order valence-corrected chi connectivity index (χ2v) is 10.3. The Labute approximate surface area is 209 Å². The van der Waals surface area contributed by atoms with Gasteiger partial charge in [0.05, 0.1) is 7.11 Å². The number of hydrogen-bond acceptors (Lipinski definition) is 4. The van der Waals surface area contributed by atoms with Crippen LogP contribution in [0.1, 0.15) is 61.6 Å². The summed E-state index contributed by atoms with van der Waals surface area (Å²) in [6, 6.07) is 25.7. The van der Waals surface area contributed by atoms with Crippen molar-refractivity contribution in [2.24, 2.45) is 0 Å². The zero-order valence-electron chi connectivity index (χ0n) is 21.2. The van der Waals surface area contributed by atoms with E-state index in [1.165, 1.54) is 49.0 Å². The molecule has 4 heteroatoms. The van der Waals surface area contributed by atoms with Crippen LogP contribution >= 0.6 is 0 Å². The van der Waals surface area contributed by atoms with Crippen molar-refractivity contribution in [1.82, 2.24) is 4.90 Å². The number of hydrogen-bond donors (Lipinski definition) is 0. The molecule has 4 nitrogen and oxygen atoms in total. The number of ether oxygens (including phenoxy) is 3. The highest BCUT2D eigenvalue weighted by atomic mass is 16.5. The van der Waals surface area contributed by atoms with Gasteiger partial charge in [-0.05, 0) is 69.1 Å². The zero-order valence-corrected chi connectivity index (χ0v) is 21.2. The van der Waals surface area contributed by atoms with E-state index in [-0.39, 0.29) is 11.8 Å². The van der Waals surface area contributed by atoms with E-state index in [9.17, 15) is 0 Å². The lowest BCUT2D eigenvalue weighted by molar-refractivity contribution is 0.0528. The van der Waals surface area contributed by atoms with Gasteiger partial charge in [0.15, 0.2) is 0 Å². The Morgan fingerprint density at radius 2 is 1.57 bits per heavy atom. The molecule has 0 N–H and O–H groups in total. The van der Waals surface area contributed by atoms with Crippen LogP contribution in [0.2, 0.25) is 0 Å². The largest absolute Gasteiger partial charge is 0.497 e. The van der Waals surface area contributed by atoms with E-state index < -0.39 is 5.60 Å². The fourth-order valence-electron chi connectivity index (χ4n) is 5.79. The highest BCUT2D eigenvalue weighted by Crippen LogP contribution is 2.53. The Kier molecular flexibility index (Phi) is 7.01. The lowest BCUT2D eigenvalue weighted by atomic mass is 9.68. The van der Waals surface area contributed by atoms with E-state index in [0.29, 0.717) is 0 Å². The van der Waals surface area contributed by atoms with Crippen LogP contribution in [0, 0.1) is 0 Å². The molecule has 1 fully saturated rings. The molecule has 3 aromatic rings. The van der Waals surface area contributed by atoms with Crippen LogP contribution in [0.15, 0.2) is 72.8 Å². The Hall–Kier alpha value is -2.98. The van der Waals surface area contributed by atoms with Crippen molar-refractivity contribution >= 4 is 0 Å². The Balaban J connectivity index is 1.43. The molecule has 0 spiro atoms. The molecule has 184 valence electrons. The Bertz CT molecular complexity index is 1100. The van der Waals surface area contributed by atoms with Crippen molar-refractivity contribution in [3.63, 3.8) is 0 Å². The molecule has 5 rings (SSSR count). The molecule has 1 saturated heterocycles. The predicted octanol–water partition coefficient (Wildman–Crippen LogP) is 6.65. The molecule has 2 aliphatic heterocycles. The standard InChI is InChI=1S/C31H37NO3/c1-31(2)30(24-10-6-4-7-11-24)29(27-17-16-26(33-3)22-28(27)35-31)23-12-14-25(15-13-23)34-21-20-32-18-8-5-9-19-32/h4,6-7,10-17,22,29-30H,5,8-9,18-21H2,1-3H3/t29-,30-/m1/s1. The third kappa shape index (κ3) is 5.18. The minimum Gasteiger partial charge on any atom is -0.497 e. The number of likely N-dealkylation sites (tertiary alicyclic amines) is 1. The van der Waals surface area contributed by atoms with Crippen molar-refractivity contribution in [1.29, 1.82) is 0 Å². The summed E-state index contributed by atoms with van der Waals surface area (Å²) in [4.78, 5) is 2.51. The first-order valence-electron chi connectivity index (χ1n) is 12.9. The lowest BCUT2D eigenvalue weighted by Crippen LogP contribution is -2.43. The number of rotatable bonds is 7. The van der Waals surface area contributed by atoms with Crippen molar-refractivity contribution in [2.45, 2.75) is 50.5 Å². The van der Waals surface area contributed by atoms with Crippen LogP contribution in [-0.2, 0) is 0 Å². The Morgan fingerprint density at radius 1 is 0.857 bits per heavy atom. The van der Waals surface area contributed by atoms with E-state index in [0.717, 1.165) is 30.4 Å². The van der Waals surface area contributed by atoms with Gasteiger partial charge in [0.25, 0.3) is 0 Å². The topological polar surface area (TPSA) is 30.9 Å². The van der Waals surface area contributed by atoms with Crippen LogP contribution in [-0.4, -0.2) is 43.9 Å². The van der Waals surface area contributed by atoms with Crippen molar-refractivity contribution in [3.8, 4) is 17.2 Å². The molecule has 0 bridgehead atoms. The van der Waals surface area contributed by atoms with Gasteiger partial charge in [-0.2, -0.15) is 0 Å². The maximum Gasteiger partial charge on any atom is 0.127 e. The summed E-state index contributed by atoms with van der Waals surface area (Å²) in [5.41, 5.74) is 3.35. The number of nitrogens with zero attached hydrogens (tertiary/aromatic N) is 1. The van der Waals surface area contributed by atoms with Crippen LogP contribution in [0.25, 0.3) is 0 Å². The summed E-state index contributed by atoms with van der Waals surface area (Å²) in [6.45, 7) is 8.52. The molecule has 0 saturated carbocycles. The number of benzene rings is 3. The average Bonchev–Trinajstić information content (AvgIpc) is 2.88. The van der Waals surface area contributed by atoms with Crippen LogP contribution in [0.5, 0.6) is 17.2 Å². The normalized spacial score (nSPS) is 21.6. The molecular formula is C31H37NO3. The van der Waals surface area contributed by atoms with Gasteiger partial charge < -0.3 is 14.2 Å². The number of methoxy groups -OCH3 is 1. The second kappa shape index (κ2) is 10.3. The van der Waals surface area contributed by atoms with E-state index in [2.05, 4.69) is 79.4 Å². The van der Waals surface area contributed by atoms with Gasteiger partial charge in [-0.15, -0.1) is 0 Å². The fourth-order valence-corrected chi connectivity index (χ4v) is 5.79. The van der Waals surface area contributed by atoms with Crippen LogP contribution < -0.4 is 14.2 Å². The van der Waals surface area contributed by atoms with E-state index >= 15 is 0 Å². The first-order valence-corrected chi connectivity index (χ1v) is 12.9. The molecule has 0 amide bonds. The predicted molar refractivity (Wildman–Crippen MR) is 141 cm³/mol. The van der Waals surface area contributed by atoms with Crippen molar-refractivity contribution < 1.29 is 14.2 Å². The summed E-state index contributed by atoms with van der Waals surface area (Å²) in [5, 5.41) is 0. The molecule has 0 unspecified atom stereocenters. The number of fused-ring (bicyclic) bond motifs is 1. The molecule has 0 aliphatic carbocycles. The fraction of sp³-hybridized carbons (Fsp3) is 0.419. The average molecular weight is 472 g/mol. The maximum absolute atomic E-state index is 6.61. The quantitative estimate of drug-likeness (QED) is 0.386.